The summed E-state index contributed by atoms with van der Waals surface area (Å²) in [7, 11) is -2.23. The number of aromatic nitrogens is 2. The fourth-order valence-electron chi connectivity index (χ4n) is 5.63. The summed E-state index contributed by atoms with van der Waals surface area (Å²) >= 11 is 0. The number of hydrogen-bond donors (Lipinski definition) is 0. The van der Waals surface area contributed by atoms with Crippen LogP contribution in [0.3, 0.4) is 0 Å². The number of halogens is 1. The van der Waals surface area contributed by atoms with E-state index < -0.39 is 27.2 Å². The number of nitrogens with zero attached hydrogens (tertiary/aromatic N) is 3. The van der Waals surface area contributed by atoms with Crippen molar-refractivity contribution >= 4 is 28.0 Å². The van der Waals surface area contributed by atoms with Gasteiger partial charge in [-0.25, -0.2) is 27.1 Å². The predicted octanol–water partition coefficient (Wildman–Crippen LogP) is 5.60. The maximum Gasteiger partial charge on any atom is 0.303 e. The highest BCUT2D eigenvalue weighted by atomic mass is 32.2. The molecule has 0 bridgehead atoms. The molecule has 1 aromatic heterocycles. The molecule has 2 fully saturated rings. The van der Waals surface area contributed by atoms with Gasteiger partial charge in [0.2, 0.25) is 16.0 Å². The molecule has 1 aromatic carbocycles. The van der Waals surface area contributed by atoms with E-state index >= 15 is 0 Å². The molecule has 0 spiro atoms. The van der Waals surface area contributed by atoms with Gasteiger partial charge in [0.05, 0.1) is 23.7 Å². The molecule has 2 aromatic rings. The average Bonchev–Trinajstić information content (AvgIpc) is 3.34. The summed E-state index contributed by atoms with van der Waals surface area (Å²) < 4.78 is 58.0. The first-order valence-electron chi connectivity index (χ1n) is 14.0. The number of anilines is 1. The number of hydrogen-bond acceptors (Lipinski definition) is 8. The minimum atomic E-state index is -3.63. The van der Waals surface area contributed by atoms with Gasteiger partial charge in [-0.1, -0.05) is 26.0 Å². The van der Waals surface area contributed by atoms with E-state index in [0.717, 1.165) is 36.2 Å². The molecular formula is C30H40FN3O6S. The van der Waals surface area contributed by atoms with Crippen LogP contribution in [0.2, 0.25) is 0 Å². The van der Waals surface area contributed by atoms with Crippen LogP contribution in [0.5, 0.6) is 0 Å². The molecular weight excluding hydrogens is 549 g/mol. The molecule has 2 atom stereocenters. The summed E-state index contributed by atoms with van der Waals surface area (Å²) in [5.74, 6) is -1.70. The molecule has 11 heteroatoms. The first kappa shape index (κ1) is 31.1. The van der Waals surface area contributed by atoms with Crippen LogP contribution < -0.4 is 4.31 Å². The number of carbonyl (C=O) groups excluding carboxylic acids is 1. The topological polar surface area (TPSA) is 108 Å². The highest BCUT2D eigenvalue weighted by Crippen LogP contribution is 2.44. The van der Waals surface area contributed by atoms with Gasteiger partial charge >= 0.3 is 5.97 Å². The van der Waals surface area contributed by atoms with Crippen LogP contribution in [0.15, 0.2) is 30.3 Å². The summed E-state index contributed by atoms with van der Waals surface area (Å²) in [6.45, 7) is 9.05. The summed E-state index contributed by atoms with van der Waals surface area (Å²) in [5.41, 5.74) is 1.71. The lowest BCUT2D eigenvalue weighted by Gasteiger charge is -2.46. The number of ether oxygens (including phenoxy) is 3. The zero-order valence-electron chi connectivity index (χ0n) is 24.8. The summed E-state index contributed by atoms with van der Waals surface area (Å²) in [6, 6.07) is 5.89. The van der Waals surface area contributed by atoms with Gasteiger partial charge in [0.15, 0.2) is 5.79 Å². The lowest BCUT2D eigenvalue weighted by atomic mass is 9.88. The minimum Gasteiger partial charge on any atom is -0.456 e. The average molecular weight is 590 g/mol. The third-order valence-corrected chi connectivity index (χ3v) is 8.73. The van der Waals surface area contributed by atoms with Gasteiger partial charge in [-0.15, -0.1) is 0 Å². The van der Waals surface area contributed by atoms with Gasteiger partial charge in [0, 0.05) is 31.5 Å². The standard InChI is InChI=1S/C30H40FN3O6S/c1-19(2)26-24(27(21-10-12-22(31)13-11-21)33-28(32-26)34(6)41(7,36)37)15-14-23-18-25(40-29(4,5)39-23)30(38-20(3)35)16-8-9-17-30/h10-15,19,23,25H,8-9,16-18H2,1-7H3/b15-14+. The van der Waals surface area contributed by atoms with Crippen molar-refractivity contribution in [3.05, 3.63) is 47.4 Å². The molecule has 1 saturated heterocycles. The first-order chi connectivity index (χ1) is 19.1. The maximum absolute atomic E-state index is 13.8. The van der Waals surface area contributed by atoms with Gasteiger partial charge in [-0.2, -0.15) is 0 Å². The van der Waals surface area contributed by atoms with E-state index in [1.54, 1.807) is 12.1 Å². The van der Waals surface area contributed by atoms with Crippen molar-refractivity contribution in [2.45, 2.75) is 96.2 Å². The quantitative estimate of drug-likeness (QED) is 0.366. The number of esters is 1. The van der Waals surface area contributed by atoms with Crippen LogP contribution in [-0.4, -0.2) is 61.3 Å². The maximum atomic E-state index is 13.8. The summed E-state index contributed by atoms with van der Waals surface area (Å²) in [4.78, 5) is 21.3. The molecule has 4 rings (SSSR count). The summed E-state index contributed by atoms with van der Waals surface area (Å²) in [6.07, 6.45) is 8.03. The Balaban J connectivity index is 1.78. The van der Waals surface area contributed by atoms with E-state index in [-0.39, 0.29) is 30.0 Å². The zero-order valence-corrected chi connectivity index (χ0v) is 25.6. The van der Waals surface area contributed by atoms with Gasteiger partial charge < -0.3 is 14.2 Å². The Morgan fingerprint density at radius 3 is 2.34 bits per heavy atom. The predicted molar refractivity (Wildman–Crippen MR) is 155 cm³/mol. The van der Waals surface area contributed by atoms with Crippen molar-refractivity contribution in [2.24, 2.45) is 0 Å². The van der Waals surface area contributed by atoms with Crippen molar-refractivity contribution in [1.82, 2.24) is 9.97 Å². The van der Waals surface area contributed by atoms with Gasteiger partial charge in [-0.05, 0) is 69.7 Å². The van der Waals surface area contributed by atoms with E-state index in [2.05, 4.69) is 9.97 Å². The Morgan fingerprint density at radius 1 is 1.15 bits per heavy atom. The van der Waals surface area contributed by atoms with Crippen molar-refractivity contribution < 1.29 is 31.8 Å². The lowest BCUT2D eigenvalue weighted by Crippen LogP contribution is -2.55. The Bertz CT molecular complexity index is 1400. The Kier molecular flexibility index (Phi) is 8.92. The van der Waals surface area contributed by atoms with Crippen LogP contribution >= 0.6 is 0 Å². The number of sulfonamides is 1. The number of carbonyl (C=O) groups is 1. The van der Waals surface area contributed by atoms with Crippen LogP contribution in [0.4, 0.5) is 10.3 Å². The Hall–Kier alpha value is -2.89. The molecule has 2 heterocycles. The van der Waals surface area contributed by atoms with Gasteiger partial charge in [0.1, 0.15) is 17.5 Å². The third-order valence-electron chi connectivity index (χ3n) is 7.58. The Labute approximate surface area is 242 Å². The minimum absolute atomic E-state index is 0.0285. The third kappa shape index (κ3) is 7.13. The molecule has 2 unspecified atom stereocenters. The van der Waals surface area contributed by atoms with Gasteiger partial charge in [0.25, 0.3) is 0 Å². The zero-order chi connectivity index (χ0) is 30.2. The summed E-state index contributed by atoms with van der Waals surface area (Å²) in [5, 5.41) is 0. The molecule has 1 aliphatic carbocycles. The van der Waals surface area contributed by atoms with Crippen molar-refractivity contribution in [3.63, 3.8) is 0 Å². The second kappa shape index (κ2) is 11.8. The van der Waals surface area contributed by atoms with Crippen molar-refractivity contribution in [2.75, 3.05) is 17.6 Å². The van der Waals surface area contributed by atoms with Gasteiger partial charge in [-0.3, -0.25) is 4.79 Å². The molecule has 0 amide bonds. The largest absolute Gasteiger partial charge is 0.456 e. The smallest absolute Gasteiger partial charge is 0.303 e. The number of benzene rings is 1. The highest BCUT2D eigenvalue weighted by Gasteiger charge is 2.50. The molecule has 224 valence electrons. The molecule has 9 nitrogen and oxygen atoms in total. The monoisotopic (exact) mass is 589 g/mol. The normalized spacial score (nSPS) is 22.3. The fraction of sp³-hybridized carbons (Fsp3) is 0.567. The number of rotatable bonds is 8. The van der Waals surface area contributed by atoms with E-state index in [4.69, 9.17) is 14.2 Å². The molecule has 41 heavy (non-hydrogen) atoms. The van der Waals surface area contributed by atoms with E-state index in [1.165, 1.54) is 26.1 Å². The van der Waals surface area contributed by atoms with Crippen LogP contribution in [0.1, 0.15) is 83.9 Å². The van der Waals surface area contributed by atoms with Crippen LogP contribution in [0.25, 0.3) is 17.3 Å². The second-order valence-corrected chi connectivity index (χ2v) is 13.7. The van der Waals surface area contributed by atoms with E-state index in [1.807, 2.05) is 39.8 Å². The van der Waals surface area contributed by atoms with E-state index in [9.17, 15) is 17.6 Å². The van der Waals surface area contributed by atoms with Crippen LogP contribution in [0, 0.1) is 5.82 Å². The molecule has 0 radical (unpaired) electrons. The first-order valence-corrected chi connectivity index (χ1v) is 15.8. The highest BCUT2D eigenvalue weighted by molar-refractivity contribution is 7.92. The SMILES string of the molecule is CC(=O)OC1(C2CC(/C=C/c3c(-c4ccc(F)cc4)nc(N(C)S(C)(=O)=O)nc3C(C)C)OC(C)(C)O2)CCCC1. The fourth-order valence-corrected chi connectivity index (χ4v) is 6.01. The van der Waals surface area contributed by atoms with Crippen molar-refractivity contribution in [3.8, 4) is 11.3 Å². The van der Waals surface area contributed by atoms with Crippen LogP contribution in [-0.2, 0) is 29.0 Å². The van der Waals surface area contributed by atoms with E-state index in [0.29, 0.717) is 28.9 Å². The van der Waals surface area contributed by atoms with Crippen molar-refractivity contribution in [1.29, 1.82) is 0 Å². The molecule has 1 aliphatic heterocycles. The lowest BCUT2D eigenvalue weighted by molar-refractivity contribution is -0.319. The second-order valence-electron chi connectivity index (χ2n) is 11.7. The Morgan fingerprint density at radius 2 is 1.78 bits per heavy atom. The molecule has 1 saturated carbocycles. The molecule has 2 aliphatic rings. The molecule has 0 N–H and O–H groups in total.